The number of halogens is 3. The molecule has 0 aliphatic carbocycles. The molecule has 2 rings (SSSR count). The Morgan fingerprint density at radius 1 is 1.32 bits per heavy atom. The molecule has 22 heavy (non-hydrogen) atoms. The van der Waals surface area contributed by atoms with Crippen LogP contribution in [0.1, 0.15) is 29.6 Å². The van der Waals surface area contributed by atoms with E-state index in [1.165, 1.54) is 6.07 Å². The molecule has 0 unspecified atom stereocenters. The zero-order valence-corrected chi connectivity index (χ0v) is 13.7. The number of carbonyl (C=O) groups excluding carboxylic acids is 1. The quantitative estimate of drug-likeness (QED) is 0.657. The maximum absolute atomic E-state index is 13.5. The van der Waals surface area contributed by atoms with Crippen LogP contribution in [0.15, 0.2) is 12.1 Å². The zero-order valence-electron chi connectivity index (χ0n) is 12.2. The number of benzene rings is 1. The van der Waals surface area contributed by atoms with Crippen molar-refractivity contribution in [1.82, 2.24) is 4.90 Å². The van der Waals surface area contributed by atoms with Gasteiger partial charge < -0.3 is 15.4 Å². The second-order valence-corrected chi connectivity index (χ2v) is 6.07. The number of ether oxygens (including phenoxy) is 1. The third kappa shape index (κ3) is 4.32. The minimum absolute atomic E-state index is 0.0893. The van der Waals surface area contributed by atoms with Crippen molar-refractivity contribution in [2.75, 3.05) is 26.2 Å². The molecule has 0 atom stereocenters. The highest BCUT2D eigenvalue weighted by Crippen LogP contribution is 2.26. The first kappa shape index (κ1) is 17.5. The van der Waals surface area contributed by atoms with Crippen LogP contribution in [0.25, 0.3) is 0 Å². The lowest BCUT2D eigenvalue weighted by atomic mass is 10.1. The Bertz CT molecular complexity index is 535. The van der Waals surface area contributed by atoms with Gasteiger partial charge in [0, 0.05) is 19.7 Å². The van der Waals surface area contributed by atoms with Gasteiger partial charge in [-0.3, -0.25) is 4.79 Å². The van der Waals surface area contributed by atoms with Crippen molar-refractivity contribution in [3.63, 3.8) is 0 Å². The molecule has 1 saturated heterocycles. The van der Waals surface area contributed by atoms with Crippen molar-refractivity contribution in [2.24, 2.45) is 5.73 Å². The number of rotatable bonds is 5. The van der Waals surface area contributed by atoms with Crippen LogP contribution in [0, 0.1) is 5.82 Å². The van der Waals surface area contributed by atoms with Gasteiger partial charge in [0.25, 0.3) is 5.91 Å². The van der Waals surface area contributed by atoms with Crippen molar-refractivity contribution in [3.8, 4) is 0 Å². The molecular weight excluding hydrogens is 330 g/mol. The first-order chi connectivity index (χ1) is 10.5. The Morgan fingerprint density at radius 3 is 2.64 bits per heavy atom. The second kappa shape index (κ2) is 8.11. The summed E-state index contributed by atoms with van der Waals surface area (Å²) in [6.07, 6.45) is 2.49. The summed E-state index contributed by atoms with van der Waals surface area (Å²) in [5.41, 5.74) is 5.57. The maximum Gasteiger partial charge on any atom is 0.255 e. The Morgan fingerprint density at radius 2 is 2.00 bits per heavy atom. The van der Waals surface area contributed by atoms with Gasteiger partial charge in [0.2, 0.25) is 0 Å². The summed E-state index contributed by atoms with van der Waals surface area (Å²) in [6, 6.07) is 2.35. The van der Waals surface area contributed by atoms with Gasteiger partial charge in [0.15, 0.2) is 0 Å². The van der Waals surface area contributed by atoms with Gasteiger partial charge in [0.05, 0.1) is 21.7 Å². The lowest BCUT2D eigenvalue weighted by molar-refractivity contribution is 0.00844. The summed E-state index contributed by atoms with van der Waals surface area (Å²) in [7, 11) is 0. The van der Waals surface area contributed by atoms with E-state index in [0.717, 1.165) is 25.3 Å². The van der Waals surface area contributed by atoms with Gasteiger partial charge in [-0.1, -0.05) is 23.2 Å². The SMILES string of the molecule is NCCCOC1CCN(C(=O)c2cc(F)c(Cl)cc2Cl)CC1. The van der Waals surface area contributed by atoms with E-state index in [-0.39, 0.29) is 27.6 Å². The summed E-state index contributed by atoms with van der Waals surface area (Å²) >= 11 is 11.6. The molecule has 0 spiro atoms. The van der Waals surface area contributed by atoms with E-state index in [1.54, 1.807) is 4.90 Å². The molecule has 1 aliphatic rings. The molecule has 7 heteroatoms. The molecule has 1 heterocycles. The molecular formula is C15H19Cl2FN2O2. The van der Waals surface area contributed by atoms with Crippen molar-refractivity contribution < 1.29 is 13.9 Å². The maximum atomic E-state index is 13.5. The van der Waals surface area contributed by atoms with E-state index in [9.17, 15) is 9.18 Å². The Labute approximate surface area is 139 Å². The number of piperidine rings is 1. The van der Waals surface area contributed by atoms with Gasteiger partial charge in [-0.25, -0.2) is 4.39 Å². The number of nitrogens with two attached hydrogens (primary N) is 1. The molecule has 0 bridgehead atoms. The predicted octanol–water partition coefficient (Wildman–Crippen LogP) is 3.10. The predicted molar refractivity (Wildman–Crippen MR) is 85.0 cm³/mol. The van der Waals surface area contributed by atoms with Gasteiger partial charge in [-0.15, -0.1) is 0 Å². The molecule has 1 amide bonds. The summed E-state index contributed by atoms with van der Waals surface area (Å²) in [6.45, 7) is 2.38. The average molecular weight is 349 g/mol. The van der Waals surface area contributed by atoms with E-state index < -0.39 is 5.82 Å². The molecule has 1 fully saturated rings. The van der Waals surface area contributed by atoms with Gasteiger partial charge in [-0.05, 0) is 37.9 Å². The summed E-state index contributed by atoms with van der Waals surface area (Å²) in [5.74, 6) is -0.921. The third-order valence-corrected chi connectivity index (χ3v) is 4.27. The molecule has 0 saturated carbocycles. The van der Waals surface area contributed by atoms with Crippen molar-refractivity contribution in [1.29, 1.82) is 0 Å². The normalized spacial score (nSPS) is 16.1. The van der Waals surface area contributed by atoms with Crippen molar-refractivity contribution >= 4 is 29.1 Å². The highest BCUT2D eigenvalue weighted by Gasteiger charge is 2.26. The average Bonchev–Trinajstić information content (AvgIpc) is 2.51. The minimum atomic E-state index is -0.644. The second-order valence-electron chi connectivity index (χ2n) is 5.25. The van der Waals surface area contributed by atoms with E-state index in [2.05, 4.69) is 0 Å². The third-order valence-electron chi connectivity index (χ3n) is 3.67. The molecule has 1 aromatic rings. The van der Waals surface area contributed by atoms with Crippen LogP contribution in [-0.4, -0.2) is 43.2 Å². The summed E-state index contributed by atoms with van der Waals surface area (Å²) in [5, 5.41) is 0.0753. The Hall–Kier alpha value is -0.880. The lowest BCUT2D eigenvalue weighted by Gasteiger charge is -2.32. The number of amides is 1. The van der Waals surface area contributed by atoms with E-state index >= 15 is 0 Å². The number of nitrogens with zero attached hydrogens (tertiary/aromatic N) is 1. The smallest absolute Gasteiger partial charge is 0.255 e. The molecule has 0 aromatic heterocycles. The van der Waals surface area contributed by atoms with E-state index in [1.807, 2.05) is 0 Å². The monoisotopic (exact) mass is 348 g/mol. The van der Waals surface area contributed by atoms with Crippen LogP contribution in [0.2, 0.25) is 10.0 Å². The highest BCUT2D eigenvalue weighted by molar-refractivity contribution is 6.36. The number of likely N-dealkylation sites (tertiary alicyclic amines) is 1. The summed E-state index contributed by atoms with van der Waals surface area (Å²) in [4.78, 5) is 14.1. The van der Waals surface area contributed by atoms with Crippen LogP contribution in [0.3, 0.4) is 0 Å². The number of hydrogen-bond donors (Lipinski definition) is 1. The Balaban J connectivity index is 1.94. The summed E-state index contributed by atoms with van der Waals surface area (Å²) < 4.78 is 19.2. The van der Waals surface area contributed by atoms with Gasteiger partial charge in [-0.2, -0.15) is 0 Å². The molecule has 122 valence electrons. The van der Waals surface area contributed by atoms with Crippen molar-refractivity contribution in [2.45, 2.75) is 25.4 Å². The fraction of sp³-hybridized carbons (Fsp3) is 0.533. The van der Waals surface area contributed by atoms with Crippen LogP contribution in [0.4, 0.5) is 4.39 Å². The fourth-order valence-electron chi connectivity index (χ4n) is 2.42. The number of carbonyl (C=O) groups is 1. The molecule has 4 nitrogen and oxygen atoms in total. The van der Waals surface area contributed by atoms with Crippen LogP contribution >= 0.6 is 23.2 Å². The molecule has 1 aliphatic heterocycles. The van der Waals surface area contributed by atoms with Crippen LogP contribution < -0.4 is 5.73 Å². The largest absolute Gasteiger partial charge is 0.378 e. The molecule has 0 radical (unpaired) electrons. The zero-order chi connectivity index (χ0) is 16.1. The topological polar surface area (TPSA) is 55.6 Å². The van der Waals surface area contributed by atoms with Crippen LogP contribution in [0.5, 0.6) is 0 Å². The first-order valence-electron chi connectivity index (χ1n) is 7.28. The Kier molecular flexibility index (Phi) is 6.44. The van der Waals surface area contributed by atoms with Crippen molar-refractivity contribution in [3.05, 3.63) is 33.6 Å². The molecule has 1 aromatic carbocycles. The lowest BCUT2D eigenvalue weighted by Crippen LogP contribution is -2.41. The van der Waals surface area contributed by atoms with Gasteiger partial charge >= 0.3 is 0 Å². The molecule has 2 N–H and O–H groups in total. The van der Waals surface area contributed by atoms with E-state index in [0.29, 0.717) is 26.2 Å². The highest BCUT2D eigenvalue weighted by atomic mass is 35.5. The fourth-order valence-corrected chi connectivity index (χ4v) is 2.88. The van der Waals surface area contributed by atoms with E-state index in [4.69, 9.17) is 33.7 Å². The standard InChI is InChI=1S/C15H19Cl2FN2O2/c16-12-9-13(17)14(18)8-11(12)15(21)20-5-2-10(3-6-20)22-7-1-4-19/h8-10H,1-7,19H2. The number of hydrogen-bond acceptors (Lipinski definition) is 3. The first-order valence-corrected chi connectivity index (χ1v) is 8.04. The minimum Gasteiger partial charge on any atom is -0.378 e. The van der Waals surface area contributed by atoms with Crippen LogP contribution in [-0.2, 0) is 4.74 Å². The van der Waals surface area contributed by atoms with Gasteiger partial charge in [0.1, 0.15) is 5.82 Å².